The van der Waals surface area contributed by atoms with Crippen LogP contribution in [-0.2, 0) is 4.74 Å². The first-order valence-electron chi connectivity index (χ1n) is 5.52. The lowest BCUT2D eigenvalue weighted by molar-refractivity contribution is 0.0989. The number of benzene rings is 1. The molecule has 17 heavy (non-hydrogen) atoms. The van der Waals surface area contributed by atoms with E-state index in [2.05, 4.69) is 0 Å². The third-order valence-corrected chi connectivity index (χ3v) is 2.70. The molecule has 0 amide bonds. The number of furan rings is 1. The predicted molar refractivity (Wildman–Crippen MR) is 61.5 cm³/mol. The van der Waals surface area contributed by atoms with E-state index in [1.807, 2.05) is 18.2 Å². The molecule has 1 aliphatic heterocycles. The first kappa shape index (κ1) is 10.4. The van der Waals surface area contributed by atoms with E-state index in [1.54, 1.807) is 6.07 Å². The molecule has 0 bridgehead atoms. The molecule has 1 aromatic heterocycles. The number of rotatable bonds is 4. The van der Waals surface area contributed by atoms with Gasteiger partial charge in [-0.15, -0.1) is 0 Å². The SMILES string of the molecule is CC(=O)c1cc2c(OC[C@@H]3CO3)cccc2o1. The molecule has 4 heteroatoms. The number of ether oxygens (including phenoxy) is 2. The van der Waals surface area contributed by atoms with Gasteiger partial charge in [0, 0.05) is 6.92 Å². The molecular formula is C13H12O4. The maximum absolute atomic E-state index is 11.2. The van der Waals surface area contributed by atoms with Crippen molar-refractivity contribution in [2.45, 2.75) is 13.0 Å². The monoisotopic (exact) mass is 232 g/mol. The van der Waals surface area contributed by atoms with E-state index in [0.717, 1.165) is 17.7 Å². The molecule has 2 aromatic rings. The van der Waals surface area contributed by atoms with Crippen LogP contribution in [0.15, 0.2) is 28.7 Å². The highest BCUT2D eigenvalue weighted by molar-refractivity contribution is 5.97. The zero-order valence-electron chi connectivity index (χ0n) is 9.43. The fourth-order valence-electron chi connectivity index (χ4n) is 1.68. The van der Waals surface area contributed by atoms with Crippen LogP contribution in [0, 0.1) is 0 Å². The standard InChI is InChI=1S/C13H12O4/c1-8(14)13-5-10-11(16-7-9-6-15-9)3-2-4-12(10)17-13/h2-5,9H,6-7H2,1H3/t9-/m0/s1. The summed E-state index contributed by atoms with van der Waals surface area (Å²) in [6.07, 6.45) is 0.212. The molecule has 1 fully saturated rings. The van der Waals surface area contributed by atoms with Crippen LogP contribution in [0.3, 0.4) is 0 Å². The topological polar surface area (TPSA) is 52.0 Å². The molecule has 2 heterocycles. The van der Waals surface area contributed by atoms with Crippen LogP contribution in [-0.4, -0.2) is 25.1 Å². The quantitative estimate of drug-likeness (QED) is 0.600. The third kappa shape index (κ3) is 2.03. The molecule has 1 atom stereocenters. The van der Waals surface area contributed by atoms with Gasteiger partial charge < -0.3 is 13.9 Å². The molecule has 88 valence electrons. The number of carbonyl (C=O) groups excluding carboxylic acids is 1. The van der Waals surface area contributed by atoms with Gasteiger partial charge in [-0.3, -0.25) is 4.79 Å². The molecule has 0 radical (unpaired) electrons. The highest BCUT2D eigenvalue weighted by Gasteiger charge is 2.23. The number of Topliss-reactive ketones (excluding diaryl/α,β-unsaturated/α-hetero) is 1. The molecule has 1 saturated heterocycles. The molecule has 4 nitrogen and oxygen atoms in total. The number of hydrogen-bond donors (Lipinski definition) is 0. The van der Waals surface area contributed by atoms with Crippen molar-refractivity contribution in [1.82, 2.24) is 0 Å². The minimum absolute atomic E-state index is 0.0855. The summed E-state index contributed by atoms with van der Waals surface area (Å²) in [5.74, 6) is 1.01. The van der Waals surface area contributed by atoms with E-state index < -0.39 is 0 Å². The van der Waals surface area contributed by atoms with E-state index in [-0.39, 0.29) is 11.9 Å². The first-order valence-corrected chi connectivity index (χ1v) is 5.52. The van der Waals surface area contributed by atoms with Crippen molar-refractivity contribution in [3.63, 3.8) is 0 Å². The Labute approximate surface area is 98.1 Å². The van der Waals surface area contributed by atoms with Crippen molar-refractivity contribution in [2.75, 3.05) is 13.2 Å². The molecular weight excluding hydrogens is 220 g/mol. The van der Waals surface area contributed by atoms with Gasteiger partial charge >= 0.3 is 0 Å². The van der Waals surface area contributed by atoms with Gasteiger partial charge in [0.2, 0.25) is 0 Å². The Morgan fingerprint density at radius 2 is 2.35 bits per heavy atom. The Bertz CT molecular complexity index is 566. The number of fused-ring (bicyclic) bond motifs is 1. The minimum Gasteiger partial charge on any atom is -0.490 e. The van der Waals surface area contributed by atoms with Crippen LogP contribution < -0.4 is 4.74 Å². The Kier molecular flexibility index (Phi) is 2.37. The summed E-state index contributed by atoms with van der Waals surface area (Å²) < 4.78 is 16.2. The van der Waals surface area contributed by atoms with Crippen LogP contribution >= 0.6 is 0 Å². The van der Waals surface area contributed by atoms with Gasteiger partial charge in [-0.25, -0.2) is 0 Å². The number of hydrogen-bond acceptors (Lipinski definition) is 4. The fourth-order valence-corrected chi connectivity index (χ4v) is 1.68. The zero-order valence-corrected chi connectivity index (χ0v) is 9.43. The second-order valence-corrected chi connectivity index (χ2v) is 4.10. The van der Waals surface area contributed by atoms with Crippen molar-refractivity contribution in [1.29, 1.82) is 0 Å². The van der Waals surface area contributed by atoms with Gasteiger partial charge in [0.25, 0.3) is 0 Å². The lowest BCUT2D eigenvalue weighted by atomic mass is 10.2. The first-order chi connectivity index (χ1) is 8.24. The van der Waals surface area contributed by atoms with Crippen LogP contribution in [0.2, 0.25) is 0 Å². The molecule has 3 rings (SSSR count). The lowest BCUT2D eigenvalue weighted by Gasteiger charge is -2.04. The number of epoxide rings is 1. The number of carbonyl (C=O) groups is 1. The second-order valence-electron chi connectivity index (χ2n) is 4.10. The maximum Gasteiger partial charge on any atom is 0.194 e. The molecule has 1 aliphatic rings. The number of ketones is 1. The Morgan fingerprint density at radius 3 is 3.06 bits per heavy atom. The summed E-state index contributed by atoms with van der Waals surface area (Å²) >= 11 is 0. The summed E-state index contributed by atoms with van der Waals surface area (Å²) in [5, 5.41) is 0.832. The largest absolute Gasteiger partial charge is 0.490 e. The van der Waals surface area contributed by atoms with Crippen LogP contribution in [0.4, 0.5) is 0 Å². The average molecular weight is 232 g/mol. The van der Waals surface area contributed by atoms with E-state index in [1.165, 1.54) is 6.92 Å². The lowest BCUT2D eigenvalue weighted by Crippen LogP contribution is -2.03. The molecule has 0 unspecified atom stereocenters. The molecule has 0 spiro atoms. The fraction of sp³-hybridized carbons (Fsp3) is 0.308. The highest BCUT2D eigenvalue weighted by Crippen LogP contribution is 2.29. The van der Waals surface area contributed by atoms with Gasteiger partial charge in [0.15, 0.2) is 11.5 Å². The Morgan fingerprint density at radius 1 is 1.53 bits per heavy atom. The third-order valence-electron chi connectivity index (χ3n) is 2.70. The van der Waals surface area contributed by atoms with Gasteiger partial charge in [-0.2, -0.15) is 0 Å². The van der Waals surface area contributed by atoms with Crippen molar-refractivity contribution in [3.8, 4) is 5.75 Å². The van der Waals surface area contributed by atoms with Crippen LogP contribution in [0.5, 0.6) is 5.75 Å². The van der Waals surface area contributed by atoms with E-state index >= 15 is 0 Å². The summed E-state index contributed by atoms with van der Waals surface area (Å²) in [4.78, 5) is 11.2. The van der Waals surface area contributed by atoms with Crippen LogP contribution in [0.1, 0.15) is 17.5 Å². The second kappa shape index (κ2) is 3.89. The predicted octanol–water partition coefficient (Wildman–Crippen LogP) is 2.41. The summed E-state index contributed by atoms with van der Waals surface area (Å²) in [7, 11) is 0. The van der Waals surface area contributed by atoms with Crippen LogP contribution in [0.25, 0.3) is 11.0 Å². The van der Waals surface area contributed by atoms with Gasteiger partial charge in [0.05, 0.1) is 12.0 Å². The minimum atomic E-state index is -0.0855. The van der Waals surface area contributed by atoms with Crippen molar-refractivity contribution >= 4 is 16.8 Å². The van der Waals surface area contributed by atoms with Crippen molar-refractivity contribution < 1.29 is 18.7 Å². The van der Waals surface area contributed by atoms with E-state index in [0.29, 0.717) is 18.0 Å². The molecule has 0 N–H and O–H groups in total. The van der Waals surface area contributed by atoms with Crippen molar-refractivity contribution in [2.24, 2.45) is 0 Å². The maximum atomic E-state index is 11.2. The zero-order chi connectivity index (χ0) is 11.8. The molecule has 0 saturated carbocycles. The van der Waals surface area contributed by atoms with E-state index in [9.17, 15) is 4.79 Å². The highest BCUT2D eigenvalue weighted by atomic mass is 16.6. The van der Waals surface area contributed by atoms with Gasteiger partial charge in [0.1, 0.15) is 24.0 Å². The Hall–Kier alpha value is -1.81. The van der Waals surface area contributed by atoms with Gasteiger partial charge in [-0.05, 0) is 18.2 Å². The average Bonchev–Trinajstić information content (AvgIpc) is 3.02. The summed E-state index contributed by atoms with van der Waals surface area (Å²) in [6, 6.07) is 7.26. The normalized spacial score (nSPS) is 18.3. The van der Waals surface area contributed by atoms with Crippen molar-refractivity contribution in [3.05, 3.63) is 30.0 Å². The molecule has 0 aliphatic carbocycles. The van der Waals surface area contributed by atoms with Gasteiger partial charge in [-0.1, -0.05) is 6.07 Å². The Balaban J connectivity index is 1.95. The summed E-state index contributed by atoms with van der Waals surface area (Å²) in [5.41, 5.74) is 0.671. The molecule has 1 aromatic carbocycles. The van der Waals surface area contributed by atoms with E-state index in [4.69, 9.17) is 13.9 Å². The summed E-state index contributed by atoms with van der Waals surface area (Å²) in [6.45, 7) is 2.79. The smallest absolute Gasteiger partial charge is 0.194 e.